The maximum absolute atomic E-state index is 14.5. The van der Waals surface area contributed by atoms with Crippen molar-refractivity contribution in [1.82, 2.24) is 0 Å². The van der Waals surface area contributed by atoms with E-state index in [1.165, 1.54) is 30.3 Å². The van der Waals surface area contributed by atoms with E-state index in [1.54, 1.807) is 31.2 Å². The van der Waals surface area contributed by atoms with Crippen molar-refractivity contribution in [2.24, 2.45) is 10.9 Å². The van der Waals surface area contributed by atoms with Crippen molar-refractivity contribution in [2.75, 3.05) is 0 Å². The SMILES string of the molecule is CCC(C)OC(=O)[C@H]1CC(c2c(F)cccc2F)=NC1c1ccc(-c2ccc(OC(F)(F)F)cc2)cc1. The number of rotatable bonds is 7. The third-order valence-electron chi connectivity index (χ3n) is 6.21. The lowest BCUT2D eigenvalue weighted by Gasteiger charge is -2.20. The van der Waals surface area contributed by atoms with Crippen LogP contribution in [0.1, 0.15) is 43.9 Å². The number of hydrogen-bond acceptors (Lipinski definition) is 4. The Balaban J connectivity index is 1.63. The van der Waals surface area contributed by atoms with Crippen LogP contribution in [0.5, 0.6) is 5.75 Å². The molecule has 0 saturated carbocycles. The Bertz CT molecular complexity index is 1270. The summed E-state index contributed by atoms with van der Waals surface area (Å²) in [4.78, 5) is 17.5. The predicted molar refractivity (Wildman–Crippen MR) is 128 cm³/mol. The maximum Gasteiger partial charge on any atom is 0.573 e. The summed E-state index contributed by atoms with van der Waals surface area (Å²) in [5.41, 5.74) is 1.89. The first-order valence-electron chi connectivity index (χ1n) is 11.7. The van der Waals surface area contributed by atoms with Crippen LogP contribution in [0, 0.1) is 17.6 Å². The van der Waals surface area contributed by atoms with E-state index in [2.05, 4.69) is 9.73 Å². The van der Waals surface area contributed by atoms with Gasteiger partial charge in [0.1, 0.15) is 17.4 Å². The highest BCUT2D eigenvalue weighted by atomic mass is 19.4. The molecule has 1 aliphatic rings. The van der Waals surface area contributed by atoms with Crippen LogP contribution in [0.3, 0.4) is 0 Å². The second-order valence-electron chi connectivity index (χ2n) is 8.78. The minimum atomic E-state index is -4.78. The quantitative estimate of drug-likeness (QED) is 0.242. The minimum absolute atomic E-state index is 0.0141. The summed E-state index contributed by atoms with van der Waals surface area (Å²) < 4.78 is 75.6. The van der Waals surface area contributed by atoms with Gasteiger partial charge >= 0.3 is 12.3 Å². The molecule has 0 aromatic heterocycles. The summed E-state index contributed by atoms with van der Waals surface area (Å²) in [6, 6.07) is 15.2. The molecule has 0 fully saturated rings. The van der Waals surface area contributed by atoms with Crippen LogP contribution >= 0.6 is 0 Å². The lowest BCUT2D eigenvalue weighted by Crippen LogP contribution is -2.25. The van der Waals surface area contributed by atoms with Crippen LogP contribution < -0.4 is 4.74 Å². The molecule has 0 bridgehead atoms. The number of alkyl halides is 3. The largest absolute Gasteiger partial charge is 0.573 e. The van der Waals surface area contributed by atoms with Gasteiger partial charge in [-0.05, 0) is 54.3 Å². The van der Waals surface area contributed by atoms with Crippen molar-refractivity contribution in [3.63, 3.8) is 0 Å². The average Bonchev–Trinajstić information content (AvgIpc) is 3.28. The summed E-state index contributed by atoms with van der Waals surface area (Å²) in [6.45, 7) is 3.64. The molecule has 0 saturated heterocycles. The molecule has 0 spiro atoms. The Labute approximate surface area is 210 Å². The van der Waals surface area contributed by atoms with Crippen molar-refractivity contribution >= 4 is 11.7 Å². The van der Waals surface area contributed by atoms with Gasteiger partial charge in [-0.1, -0.05) is 49.4 Å². The first kappa shape index (κ1) is 26.3. The summed E-state index contributed by atoms with van der Waals surface area (Å²) in [6.07, 6.45) is -4.48. The molecule has 194 valence electrons. The van der Waals surface area contributed by atoms with Gasteiger partial charge in [-0.25, -0.2) is 8.78 Å². The second-order valence-corrected chi connectivity index (χ2v) is 8.78. The molecule has 0 radical (unpaired) electrons. The molecule has 2 unspecified atom stereocenters. The molecule has 0 N–H and O–H groups in total. The van der Waals surface area contributed by atoms with Crippen LogP contribution in [0.2, 0.25) is 0 Å². The predicted octanol–water partition coefficient (Wildman–Crippen LogP) is 7.42. The molecule has 3 aromatic carbocycles. The Morgan fingerprint density at radius 3 is 2.08 bits per heavy atom. The van der Waals surface area contributed by atoms with E-state index in [0.29, 0.717) is 23.1 Å². The van der Waals surface area contributed by atoms with Crippen LogP contribution in [0.15, 0.2) is 71.7 Å². The smallest absolute Gasteiger partial charge is 0.462 e. The van der Waals surface area contributed by atoms with Crippen LogP contribution in [0.4, 0.5) is 22.0 Å². The van der Waals surface area contributed by atoms with Gasteiger partial charge in [0, 0.05) is 12.1 Å². The Morgan fingerprint density at radius 2 is 1.54 bits per heavy atom. The summed E-state index contributed by atoms with van der Waals surface area (Å²) in [7, 11) is 0. The molecule has 0 aliphatic carbocycles. The number of aliphatic imine (C=N–C) groups is 1. The lowest BCUT2D eigenvalue weighted by molar-refractivity contribution is -0.274. The third kappa shape index (κ3) is 6.15. The number of halogens is 5. The van der Waals surface area contributed by atoms with Crippen molar-refractivity contribution in [2.45, 2.75) is 45.2 Å². The van der Waals surface area contributed by atoms with Crippen LogP contribution in [-0.4, -0.2) is 24.1 Å². The fraction of sp³-hybridized carbons (Fsp3) is 0.286. The van der Waals surface area contributed by atoms with Crippen molar-refractivity contribution in [1.29, 1.82) is 0 Å². The Hall–Kier alpha value is -3.75. The number of benzene rings is 3. The van der Waals surface area contributed by atoms with E-state index in [1.807, 2.05) is 6.92 Å². The molecule has 37 heavy (non-hydrogen) atoms. The molecular weight excluding hydrogens is 493 g/mol. The van der Waals surface area contributed by atoms with Crippen molar-refractivity contribution in [3.05, 3.63) is 89.5 Å². The first-order chi connectivity index (χ1) is 17.6. The van der Waals surface area contributed by atoms with Gasteiger partial charge in [0.2, 0.25) is 0 Å². The van der Waals surface area contributed by atoms with Gasteiger partial charge in [-0.15, -0.1) is 13.2 Å². The van der Waals surface area contributed by atoms with Crippen molar-refractivity contribution in [3.8, 4) is 16.9 Å². The van der Waals surface area contributed by atoms with Crippen LogP contribution in [0.25, 0.3) is 11.1 Å². The molecule has 0 amide bonds. The van der Waals surface area contributed by atoms with E-state index >= 15 is 0 Å². The van der Waals surface area contributed by atoms with Gasteiger partial charge in [0.25, 0.3) is 0 Å². The fourth-order valence-electron chi connectivity index (χ4n) is 4.18. The molecular formula is C28H24F5NO3. The Morgan fingerprint density at radius 1 is 0.973 bits per heavy atom. The van der Waals surface area contributed by atoms with Crippen molar-refractivity contribution < 1.29 is 36.2 Å². The van der Waals surface area contributed by atoms with Gasteiger partial charge in [0.05, 0.1) is 23.6 Å². The molecule has 4 nitrogen and oxygen atoms in total. The van der Waals surface area contributed by atoms with E-state index in [4.69, 9.17) is 4.74 Å². The summed E-state index contributed by atoms with van der Waals surface area (Å²) in [5, 5.41) is 0. The highest BCUT2D eigenvalue weighted by Gasteiger charge is 2.39. The van der Waals surface area contributed by atoms with E-state index in [-0.39, 0.29) is 29.5 Å². The zero-order valence-corrected chi connectivity index (χ0v) is 20.1. The summed E-state index contributed by atoms with van der Waals surface area (Å²) in [5.74, 6) is -3.13. The first-order valence-corrected chi connectivity index (χ1v) is 11.7. The lowest BCUT2D eigenvalue weighted by atomic mass is 9.90. The fourth-order valence-corrected chi connectivity index (χ4v) is 4.18. The molecule has 1 heterocycles. The minimum Gasteiger partial charge on any atom is -0.462 e. The van der Waals surface area contributed by atoms with E-state index in [0.717, 1.165) is 12.1 Å². The zero-order valence-electron chi connectivity index (χ0n) is 20.1. The molecule has 3 aromatic rings. The van der Waals surface area contributed by atoms with E-state index < -0.39 is 35.9 Å². The molecule has 3 atom stereocenters. The number of nitrogens with zero attached hydrogens (tertiary/aromatic N) is 1. The third-order valence-corrected chi connectivity index (χ3v) is 6.21. The normalized spacial score (nSPS) is 18.3. The topological polar surface area (TPSA) is 47.9 Å². The van der Waals surface area contributed by atoms with E-state index in [9.17, 15) is 26.7 Å². The van der Waals surface area contributed by atoms with Gasteiger partial charge in [0.15, 0.2) is 0 Å². The molecule has 9 heteroatoms. The number of hydrogen-bond donors (Lipinski definition) is 0. The van der Waals surface area contributed by atoms with Gasteiger partial charge in [-0.2, -0.15) is 0 Å². The Kier molecular flexibility index (Phi) is 7.61. The number of carbonyl (C=O) groups is 1. The zero-order chi connectivity index (χ0) is 26.7. The second kappa shape index (κ2) is 10.7. The number of carbonyl (C=O) groups excluding carboxylic acids is 1. The molecule has 4 rings (SSSR count). The van der Waals surface area contributed by atoms with Crippen LogP contribution in [-0.2, 0) is 9.53 Å². The maximum atomic E-state index is 14.5. The number of ether oxygens (including phenoxy) is 2. The monoisotopic (exact) mass is 517 g/mol. The molecule has 1 aliphatic heterocycles. The number of esters is 1. The highest BCUT2D eigenvalue weighted by Crippen LogP contribution is 2.39. The summed E-state index contributed by atoms with van der Waals surface area (Å²) >= 11 is 0. The standard InChI is InChI=1S/C28H24F5NO3/c1-3-16(2)36-27(35)21-15-24(25-22(29)5-4-6-23(25)30)34-26(21)19-9-7-17(8-10-19)18-11-13-20(14-12-18)37-28(31,32)33/h4-14,16,21,26H,3,15H2,1-2H3/t16?,21-,26?/m0/s1. The van der Waals surface area contributed by atoms with Gasteiger partial charge in [-0.3, -0.25) is 9.79 Å². The van der Waals surface area contributed by atoms with Gasteiger partial charge < -0.3 is 9.47 Å². The average molecular weight is 517 g/mol. The highest BCUT2D eigenvalue weighted by molar-refractivity contribution is 6.04.